The number of anilines is 1. The Bertz CT molecular complexity index is 572. The maximum atomic E-state index is 13.0. The van der Waals surface area contributed by atoms with E-state index in [1.54, 1.807) is 6.07 Å². The molecular formula is C14H12BrClFN. The minimum atomic E-state index is -0.224. The fourth-order valence-corrected chi connectivity index (χ4v) is 2.29. The molecule has 1 nitrogen and oxygen atoms in total. The number of benzene rings is 2. The molecule has 18 heavy (non-hydrogen) atoms. The lowest BCUT2D eigenvalue weighted by Gasteiger charge is -2.11. The largest absolute Gasteiger partial charge is 0.381 e. The summed E-state index contributed by atoms with van der Waals surface area (Å²) in [6, 6.07) is 10.4. The SMILES string of the molecule is Cc1cc(F)ccc1NCc1cc(Br)ccc1Cl. The molecule has 2 rings (SSSR count). The Hall–Kier alpha value is -1.06. The number of hydrogen-bond acceptors (Lipinski definition) is 1. The highest BCUT2D eigenvalue weighted by atomic mass is 79.9. The third kappa shape index (κ3) is 3.24. The lowest BCUT2D eigenvalue weighted by Crippen LogP contribution is -2.02. The van der Waals surface area contributed by atoms with Crippen LogP contribution in [0.5, 0.6) is 0 Å². The Morgan fingerprint density at radius 3 is 2.72 bits per heavy atom. The van der Waals surface area contributed by atoms with Crippen LogP contribution >= 0.6 is 27.5 Å². The van der Waals surface area contributed by atoms with Crippen LogP contribution in [0.2, 0.25) is 5.02 Å². The van der Waals surface area contributed by atoms with E-state index in [0.717, 1.165) is 21.3 Å². The number of hydrogen-bond donors (Lipinski definition) is 1. The summed E-state index contributed by atoms with van der Waals surface area (Å²) < 4.78 is 14.0. The van der Waals surface area contributed by atoms with Crippen molar-refractivity contribution in [1.29, 1.82) is 0 Å². The molecule has 0 spiro atoms. The highest BCUT2D eigenvalue weighted by Gasteiger charge is 2.03. The molecule has 0 saturated heterocycles. The Balaban J connectivity index is 2.13. The van der Waals surface area contributed by atoms with Gasteiger partial charge >= 0.3 is 0 Å². The molecular weight excluding hydrogens is 317 g/mol. The van der Waals surface area contributed by atoms with Gasteiger partial charge in [0, 0.05) is 21.7 Å². The van der Waals surface area contributed by atoms with Gasteiger partial charge in [-0.05, 0) is 54.4 Å². The van der Waals surface area contributed by atoms with Gasteiger partial charge in [0.05, 0.1) is 0 Å². The van der Waals surface area contributed by atoms with Crippen LogP contribution in [-0.2, 0) is 6.54 Å². The first-order chi connectivity index (χ1) is 8.56. The predicted octanol–water partition coefficient (Wildman–Crippen LogP) is 5.16. The third-order valence-corrected chi connectivity index (χ3v) is 3.53. The molecule has 0 amide bonds. The van der Waals surface area contributed by atoms with E-state index >= 15 is 0 Å². The van der Waals surface area contributed by atoms with Gasteiger partial charge in [-0.15, -0.1) is 0 Å². The average Bonchev–Trinajstić information content (AvgIpc) is 2.32. The Morgan fingerprint density at radius 2 is 2.00 bits per heavy atom. The van der Waals surface area contributed by atoms with Crippen LogP contribution in [0.15, 0.2) is 40.9 Å². The summed E-state index contributed by atoms with van der Waals surface area (Å²) in [6.07, 6.45) is 0. The molecule has 1 N–H and O–H groups in total. The monoisotopic (exact) mass is 327 g/mol. The zero-order valence-corrected chi connectivity index (χ0v) is 12.1. The summed E-state index contributed by atoms with van der Waals surface area (Å²) in [5, 5.41) is 3.97. The first-order valence-electron chi connectivity index (χ1n) is 5.50. The van der Waals surface area contributed by atoms with Crippen molar-refractivity contribution < 1.29 is 4.39 Å². The summed E-state index contributed by atoms with van der Waals surface area (Å²) in [4.78, 5) is 0. The van der Waals surface area contributed by atoms with Crippen molar-refractivity contribution in [1.82, 2.24) is 0 Å². The van der Waals surface area contributed by atoms with Gasteiger partial charge in [0.2, 0.25) is 0 Å². The molecule has 0 aliphatic carbocycles. The first-order valence-corrected chi connectivity index (χ1v) is 6.67. The summed E-state index contributed by atoms with van der Waals surface area (Å²) in [6.45, 7) is 2.47. The Kier molecular flexibility index (Phi) is 4.25. The van der Waals surface area contributed by atoms with Gasteiger partial charge in [-0.2, -0.15) is 0 Å². The van der Waals surface area contributed by atoms with Crippen LogP contribution in [0.25, 0.3) is 0 Å². The molecule has 0 heterocycles. The molecule has 0 radical (unpaired) electrons. The zero-order valence-electron chi connectivity index (χ0n) is 9.81. The van der Waals surface area contributed by atoms with E-state index in [2.05, 4.69) is 21.2 Å². The highest BCUT2D eigenvalue weighted by molar-refractivity contribution is 9.10. The Morgan fingerprint density at radius 1 is 1.22 bits per heavy atom. The molecule has 0 fully saturated rings. The summed E-state index contributed by atoms with van der Waals surface area (Å²) >= 11 is 9.52. The van der Waals surface area contributed by atoms with E-state index in [0.29, 0.717) is 11.6 Å². The molecule has 0 saturated carbocycles. The van der Waals surface area contributed by atoms with Crippen LogP contribution in [0.1, 0.15) is 11.1 Å². The first kappa shape index (κ1) is 13.4. The average molecular weight is 329 g/mol. The maximum absolute atomic E-state index is 13.0. The molecule has 0 aliphatic rings. The van der Waals surface area contributed by atoms with Gasteiger partial charge in [-0.25, -0.2) is 4.39 Å². The van der Waals surface area contributed by atoms with Crippen LogP contribution in [-0.4, -0.2) is 0 Å². The topological polar surface area (TPSA) is 12.0 Å². The zero-order chi connectivity index (χ0) is 13.1. The lowest BCUT2D eigenvalue weighted by atomic mass is 10.1. The van der Waals surface area contributed by atoms with Gasteiger partial charge < -0.3 is 5.32 Å². The second-order valence-corrected chi connectivity index (χ2v) is 5.37. The van der Waals surface area contributed by atoms with Crippen LogP contribution in [0.4, 0.5) is 10.1 Å². The van der Waals surface area contributed by atoms with Crippen LogP contribution in [0, 0.1) is 12.7 Å². The van der Waals surface area contributed by atoms with Gasteiger partial charge in [0.15, 0.2) is 0 Å². The van der Waals surface area contributed by atoms with Crippen LogP contribution < -0.4 is 5.32 Å². The molecule has 0 bridgehead atoms. The molecule has 0 atom stereocenters. The van der Waals surface area contributed by atoms with E-state index in [1.807, 2.05) is 25.1 Å². The van der Waals surface area contributed by atoms with Crippen molar-refractivity contribution in [2.24, 2.45) is 0 Å². The fourth-order valence-electron chi connectivity index (χ4n) is 1.69. The summed E-state index contributed by atoms with van der Waals surface area (Å²) in [5.74, 6) is -0.224. The second-order valence-electron chi connectivity index (χ2n) is 4.05. The van der Waals surface area contributed by atoms with Crippen molar-refractivity contribution >= 4 is 33.2 Å². The van der Waals surface area contributed by atoms with Gasteiger partial charge in [-0.3, -0.25) is 0 Å². The van der Waals surface area contributed by atoms with Gasteiger partial charge in [-0.1, -0.05) is 27.5 Å². The van der Waals surface area contributed by atoms with Crippen LogP contribution in [0.3, 0.4) is 0 Å². The highest BCUT2D eigenvalue weighted by Crippen LogP contribution is 2.23. The molecule has 94 valence electrons. The van der Waals surface area contributed by atoms with Gasteiger partial charge in [0.25, 0.3) is 0 Å². The summed E-state index contributed by atoms with van der Waals surface area (Å²) in [5.41, 5.74) is 2.78. The van der Waals surface area contributed by atoms with E-state index < -0.39 is 0 Å². The van der Waals surface area contributed by atoms with E-state index in [1.165, 1.54) is 12.1 Å². The molecule has 0 unspecified atom stereocenters. The van der Waals surface area contributed by atoms with Crippen molar-refractivity contribution in [3.63, 3.8) is 0 Å². The van der Waals surface area contributed by atoms with E-state index in [4.69, 9.17) is 11.6 Å². The van der Waals surface area contributed by atoms with Crippen molar-refractivity contribution in [3.05, 3.63) is 62.8 Å². The van der Waals surface area contributed by atoms with E-state index in [9.17, 15) is 4.39 Å². The maximum Gasteiger partial charge on any atom is 0.123 e. The minimum absolute atomic E-state index is 0.224. The molecule has 4 heteroatoms. The molecule has 0 aliphatic heterocycles. The molecule has 2 aromatic rings. The minimum Gasteiger partial charge on any atom is -0.381 e. The standard InChI is InChI=1S/C14H12BrClFN/c1-9-6-12(17)3-5-14(9)18-8-10-7-11(15)2-4-13(10)16/h2-7,18H,8H2,1H3. The fraction of sp³-hybridized carbons (Fsp3) is 0.143. The van der Waals surface area contributed by atoms with Crippen molar-refractivity contribution in [3.8, 4) is 0 Å². The van der Waals surface area contributed by atoms with Crippen molar-refractivity contribution in [2.75, 3.05) is 5.32 Å². The third-order valence-electron chi connectivity index (χ3n) is 2.67. The van der Waals surface area contributed by atoms with Gasteiger partial charge in [0.1, 0.15) is 5.82 Å². The smallest absolute Gasteiger partial charge is 0.123 e. The van der Waals surface area contributed by atoms with E-state index in [-0.39, 0.29) is 5.82 Å². The predicted molar refractivity (Wildman–Crippen MR) is 77.6 cm³/mol. The number of aryl methyl sites for hydroxylation is 1. The molecule has 0 aromatic heterocycles. The Labute approximate surface area is 119 Å². The summed E-state index contributed by atoms with van der Waals surface area (Å²) in [7, 11) is 0. The molecule has 2 aromatic carbocycles. The van der Waals surface area contributed by atoms with Crippen molar-refractivity contribution in [2.45, 2.75) is 13.5 Å². The number of rotatable bonds is 3. The lowest BCUT2D eigenvalue weighted by molar-refractivity contribution is 0.627. The quantitative estimate of drug-likeness (QED) is 0.820. The second kappa shape index (κ2) is 5.72. The normalized spacial score (nSPS) is 10.4. The number of halogens is 3. The number of nitrogens with one attached hydrogen (secondary N) is 1.